The van der Waals surface area contributed by atoms with Crippen LogP contribution in [0.1, 0.15) is 31.7 Å². The topological polar surface area (TPSA) is 32.3 Å². The lowest BCUT2D eigenvalue weighted by Gasteiger charge is -2.32. The van der Waals surface area contributed by atoms with Crippen LogP contribution in [0.3, 0.4) is 0 Å². The molecule has 0 atom stereocenters. The zero-order valence-corrected chi connectivity index (χ0v) is 22.0. The van der Waals surface area contributed by atoms with Gasteiger partial charge in [-0.05, 0) is 85.7 Å². The molecule has 0 radical (unpaired) electrons. The number of carbonyl (C=O) groups excluding carboxylic acids is 1. The molecule has 3 aromatic rings. The molecule has 0 unspecified atom stereocenters. The molecule has 3 nitrogen and oxygen atoms in total. The van der Waals surface area contributed by atoms with Crippen molar-refractivity contribution in [2.45, 2.75) is 32.6 Å². The summed E-state index contributed by atoms with van der Waals surface area (Å²) in [5.74, 6) is 0.429. The number of thioether (sulfide) groups is 1. The molecule has 1 saturated heterocycles. The molecular weight excluding hydrogens is 460 g/mol. The second kappa shape index (κ2) is 13.3. The lowest BCUT2D eigenvalue weighted by Crippen LogP contribution is -2.34. The van der Waals surface area contributed by atoms with E-state index in [0.29, 0.717) is 11.5 Å². The highest BCUT2D eigenvalue weighted by atomic mass is 32.2. The molecule has 1 aliphatic rings. The first-order valence-corrected chi connectivity index (χ1v) is 13.7. The average Bonchev–Trinajstić information content (AvgIpc) is 2.93. The molecule has 0 saturated carbocycles. The largest absolute Gasteiger partial charge is 0.322 e. The highest BCUT2D eigenvalue weighted by molar-refractivity contribution is 8.05. The highest BCUT2D eigenvalue weighted by Gasteiger charge is 2.21. The lowest BCUT2D eigenvalue weighted by molar-refractivity contribution is -0.112. The Hall–Kier alpha value is -3.08. The van der Waals surface area contributed by atoms with E-state index in [0.717, 1.165) is 60.6 Å². The van der Waals surface area contributed by atoms with E-state index in [4.69, 9.17) is 0 Å². The number of piperidine rings is 1. The van der Waals surface area contributed by atoms with Crippen LogP contribution in [0.4, 0.5) is 5.69 Å². The Kier molecular flexibility index (Phi) is 9.60. The van der Waals surface area contributed by atoms with Crippen molar-refractivity contribution in [2.24, 2.45) is 5.92 Å². The van der Waals surface area contributed by atoms with Gasteiger partial charge in [0.25, 0.3) is 5.91 Å². The fourth-order valence-electron chi connectivity index (χ4n) is 4.63. The number of nitrogens with one attached hydrogen (secondary N) is 1. The van der Waals surface area contributed by atoms with Crippen molar-refractivity contribution in [1.29, 1.82) is 0 Å². The van der Waals surface area contributed by atoms with E-state index < -0.39 is 0 Å². The molecule has 186 valence electrons. The summed E-state index contributed by atoms with van der Waals surface area (Å²) < 4.78 is 0. The van der Waals surface area contributed by atoms with Gasteiger partial charge in [0.05, 0.1) is 0 Å². The zero-order valence-electron chi connectivity index (χ0n) is 21.2. The number of hydrogen-bond acceptors (Lipinski definition) is 3. The number of aryl methyl sites for hydroxylation is 1. The monoisotopic (exact) mass is 496 g/mol. The van der Waals surface area contributed by atoms with Crippen LogP contribution >= 0.6 is 11.8 Å². The minimum Gasteiger partial charge on any atom is -0.322 e. The standard InChI is InChI=1S/C32H36N2OS/c1-25(32(35)33-31-18-10-9-17-30(31)29-15-7-4-8-16-29)24-36-26(2)28-19-22-34(23-20-28)21-11-14-27-12-5-3-6-13-27/h3-10,12-13,15-18,24,28H,2,11,14,19-23H2,1H3,(H,33,35)/b25-24+. The van der Waals surface area contributed by atoms with Gasteiger partial charge in [-0.15, -0.1) is 11.8 Å². The van der Waals surface area contributed by atoms with Crippen LogP contribution < -0.4 is 5.32 Å². The quantitative estimate of drug-likeness (QED) is 0.291. The van der Waals surface area contributed by atoms with E-state index in [-0.39, 0.29) is 5.91 Å². The maximum atomic E-state index is 12.9. The average molecular weight is 497 g/mol. The Morgan fingerprint density at radius 1 is 0.972 bits per heavy atom. The van der Waals surface area contributed by atoms with E-state index in [9.17, 15) is 4.79 Å². The molecule has 0 bridgehead atoms. The smallest absolute Gasteiger partial charge is 0.251 e. The molecule has 1 heterocycles. The number of anilines is 1. The molecule has 1 N–H and O–H groups in total. The Morgan fingerprint density at radius 2 is 1.61 bits per heavy atom. The predicted molar refractivity (Wildman–Crippen MR) is 155 cm³/mol. The number of para-hydroxylation sites is 1. The summed E-state index contributed by atoms with van der Waals surface area (Å²) in [6.07, 6.45) is 4.63. The number of nitrogens with zero attached hydrogens (tertiary/aromatic N) is 1. The number of benzene rings is 3. The zero-order chi connectivity index (χ0) is 25.2. The number of hydrogen-bond donors (Lipinski definition) is 1. The first-order chi connectivity index (χ1) is 17.6. The third-order valence-corrected chi connectivity index (χ3v) is 7.94. The van der Waals surface area contributed by atoms with Gasteiger partial charge in [-0.2, -0.15) is 0 Å². The van der Waals surface area contributed by atoms with Crippen LogP contribution in [0.2, 0.25) is 0 Å². The molecule has 4 heteroatoms. The van der Waals surface area contributed by atoms with Crippen molar-refractivity contribution in [1.82, 2.24) is 4.90 Å². The van der Waals surface area contributed by atoms with E-state index in [1.165, 1.54) is 12.0 Å². The van der Waals surface area contributed by atoms with Crippen LogP contribution in [-0.4, -0.2) is 30.4 Å². The summed E-state index contributed by atoms with van der Waals surface area (Å²) in [7, 11) is 0. The second-order valence-corrected chi connectivity index (χ2v) is 10.5. The van der Waals surface area contributed by atoms with Gasteiger partial charge in [0, 0.05) is 16.8 Å². The number of amides is 1. The van der Waals surface area contributed by atoms with E-state index in [1.807, 2.05) is 54.8 Å². The van der Waals surface area contributed by atoms with Crippen LogP contribution in [-0.2, 0) is 11.2 Å². The van der Waals surface area contributed by atoms with Gasteiger partial charge in [-0.1, -0.05) is 85.4 Å². The van der Waals surface area contributed by atoms with Crippen LogP contribution in [0, 0.1) is 5.92 Å². The summed E-state index contributed by atoms with van der Waals surface area (Å²) in [5.41, 5.74) is 5.05. The van der Waals surface area contributed by atoms with Crippen molar-refractivity contribution in [3.8, 4) is 11.1 Å². The fourth-order valence-corrected chi connectivity index (χ4v) is 5.49. The van der Waals surface area contributed by atoms with Gasteiger partial charge in [0.15, 0.2) is 0 Å². The maximum Gasteiger partial charge on any atom is 0.251 e. The van der Waals surface area contributed by atoms with E-state index in [2.05, 4.69) is 59.3 Å². The third-order valence-electron chi connectivity index (χ3n) is 6.83. The lowest BCUT2D eigenvalue weighted by atomic mass is 9.96. The predicted octanol–water partition coefficient (Wildman–Crippen LogP) is 7.79. The first kappa shape index (κ1) is 26.0. The van der Waals surface area contributed by atoms with Gasteiger partial charge in [-0.25, -0.2) is 0 Å². The molecule has 0 spiro atoms. The normalized spacial score (nSPS) is 15.0. The molecule has 1 fully saturated rings. The number of allylic oxidation sites excluding steroid dienone is 1. The van der Waals surface area contributed by atoms with Crippen molar-refractivity contribution in [3.63, 3.8) is 0 Å². The van der Waals surface area contributed by atoms with Crippen molar-refractivity contribution in [2.75, 3.05) is 25.0 Å². The molecule has 1 amide bonds. The van der Waals surface area contributed by atoms with E-state index in [1.54, 1.807) is 11.8 Å². The summed E-state index contributed by atoms with van der Waals surface area (Å²) >= 11 is 1.61. The van der Waals surface area contributed by atoms with Crippen molar-refractivity contribution in [3.05, 3.63) is 113 Å². The van der Waals surface area contributed by atoms with Gasteiger partial charge in [0.1, 0.15) is 0 Å². The molecule has 36 heavy (non-hydrogen) atoms. The second-order valence-electron chi connectivity index (χ2n) is 9.46. The summed E-state index contributed by atoms with van der Waals surface area (Å²) in [6.45, 7) is 9.62. The van der Waals surface area contributed by atoms with E-state index >= 15 is 0 Å². The molecule has 4 rings (SSSR count). The Balaban J connectivity index is 1.23. The van der Waals surface area contributed by atoms with Gasteiger partial charge < -0.3 is 10.2 Å². The molecule has 1 aliphatic heterocycles. The number of carbonyl (C=O) groups is 1. The molecule has 3 aromatic carbocycles. The van der Waals surface area contributed by atoms with Crippen molar-refractivity contribution >= 4 is 23.4 Å². The number of rotatable bonds is 10. The molecule has 0 aromatic heterocycles. The van der Waals surface area contributed by atoms with Crippen LogP contribution in [0.5, 0.6) is 0 Å². The molecule has 0 aliphatic carbocycles. The Labute approximate surface area is 220 Å². The first-order valence-electron chi connectivity index (χ1n) is 12.8. The van der Waals surface area contributed by atoms with Crippen molar-refractivity contribution < 1.29 is 4.79 Å². The minimum absolute atomic E-state index is 0.0769. The van der Waals surface area contributed by atoms with Crippen LogP contribution in [0.25, 0.3) is 11.1 Å². The van der Waals surface area contributed by atoms with Gasteiger partial charge >= 0.3 is 0 Å². The minimum atomic E-state index is -0.0769. The van der Waals surface area contributed by atoms with Crippen LogP contribution in [0.15, 0.2) is 107 Å². The Bertz CT molecular complexity index is 1170. The third kappa shape index (κ3) is 7.46. The highest BCUT2D eigenvalue weighted by Crippen LogP contribution is 2.33. The summed E-state index contributed by atoms with van der Waals surface area (Å²) in [4.78, 5) is 16.6. The summed E-state index contributed by atoms with van der Waals surface area (Å²) in [6, 6.07) is 28.8. The molecular formula is C32H36N2OS. The van der Waals surface area contributed by atoms with Gasteiger partial charge in [-0.3, -0.25) is 4.79 Å². The summed E-state index contributed by atoms with van der Waals surface area (Å²) in [5, 5.41) is 5.05. The van der Waals surface area contributed by atoms with Gasteiger partial charge in [0.2, 0.25) is 0 Å². The maximum absolute atomic E-state index is 12.9. The number of likely N-dealkylation sites (tertiary alicyclic amines) is 1. The Morgan fingerprint density at radius 3 is 2.33 bits per heavy atom. The SMILES string of the molecule is C=C(S/C=C(\C)C(=O)Nc1ccccc1-c1ccccc1)C1CCN(CCCc2ccccc2)CC1. The fraction of sp³-hybridized carbons (Fsp3) is 0.281.